The van der Waals surface area contributed by atoms with Crippen LogP contribution < -0.4 is 15.4 Å². The van der Waals surface area contributed by atoms with Gasteiger partial charge >= 0.3 is 0 Å². The average Bonchev–Trinajstić information content (AvgIpc) is 2.55. The molecule has 0 aromatic heterocycles. The zero-order valence-corrected chi connectivity index (χ0v) is 14.8. The molecule has 0 spiro atoms. The number of ether oxygens (including phenoxy) is 1. The number of carbonyl (C=O) groups is 2. The number of aryl methyl sites for hydroxylation is 1. The van der Waals surface area contributed by atoms with Crippen LogP contribution in [0.3, 0.4) is 0 Å². The first-order chi connectivity index (χ1) is 12.0. The van der Waals surface area contributed by atoms with E-state index < -0.39 is 6.10 Å². The molecular weight excluding hydrogens is 316 g/mol. The van der Waals surface area contributed by atoms with E-state index in [0.29, 0.717) is 23.5 Å². The van der Waals surface area contributed by atoms with Crippen molar-refractivity contribution in [1.82, 2.24) is 0 Å². The molecule has 0 heterocycles. The van der Waals surface area contributed by atoms with Crippen molar-refractivity contribution < 1.29 is 14.3 Å². The summed E-state index contributed by atoms with van der Waals surface area (Å²) in [6.07, 6.45) is 0.619. The standard InChI is InChI=1S/C20H24N2O3/c1-4-7-19(23)21-16-9-6-10-17(13-16)22-20(24)15(3)25-18-11-5-8-14(2)12-18/h5-6,8-13,15H,4,7H2,1-3H3,(H,21,23)(H,22,24). The highest BCUT2D eigenvalue weighted by Crippen LogP contribution is 2.18. The van der Waals surface area contributed by atoms with Crippen molar-refractivity contribution >= 4 is 23.2 Å². The van der Waals surface area contributed by atoms with Gasteiger partial charge in [-0.3, -0.25) is 9.59 Å². The van der Waals surface area contributed by atoms with Gasteiger partial charge < -0.3 is 15.4 Å². The van der Waals surface area contributed by atoms with Gasteiger partial charge in [0.2, 0.25) is 5.91 Å². The largest absolute Gasteiger partial charge is 0.481 e. The molecule has 2 rings (SSSR count). The highest BCUT2D eigenvalue weighted by atomic mass is 16.5. The fraction of sp³-hybridized carbons (Fsp3) is 0.300. The van der Waals surface area contributed by atoms with Crippen molar-refractivity contribution in [2.75, 3.05) is 10.6 Å². The van der Waals surface area contributed by atoms with Crippen LogP contribution in [0.1, 0.15) is 32.3 Å². The minimum atomic E-state index is -0.639. The molecule has 1 atom stereocenters. The molecule has 5 nitrogen and oxygen atoms in total. The van der Waals surface area contributed by atoms with Crippen LogP contribution in [0, 0.1) is 6.92 Å². The topological polar surface area (TPSA) is 67.4 Å². The second kappa shape index (κ2) is 8.87. The maximum Gasteiger partial charge on any atom is 0.265 e. The monoisotopic (exact) mass is 340 g/mol. The first-order valence-electron chi connectivity index (χ1n) is 8.42. The lowest BCUT2D eigenvalue weighted by molar-refractivity contribution is -0.122. The van der Waals surface area contributed by atoms with E-state index >= 15 is 0 Å². The van der Waals surface area contributed by atoms with E-state index in [1.165, 1.54) is 0 Å². The Morgan fingerprint density at radius 3 is 2.40 bits per heavy atom. The van der Waals surface area contributed by atoms with Crippen molar-refractivity contribution in [2.45, 2.75) is 39.7 Å². The lowest BCUT2D eigenvalue weighted by Gasteiger charge is -2.15. The van der Waals surface area contributed by atoms with Crippen LogP contribution in [0.4, 0.5) is 11.4 Å². The Labute approximate surface area is 148 Å². The molecule has 132 valence electrons. The van der Waals surface area contributed by atoms with Gasteiger partial charge in [-0.2, -0.15) is 0 Å². The van der Waals surface area contributed by atoms with Crippen LogP contribution >= 0.6 is 0 Å². The molecule has 0 aliphatic carbocycles. The number of benzene rings is 2. The Morgan fingerprint density at radius 2 is 1.72 bits per heavy atom. The summed E-state index contributed by atoms with van der Waals surface area (Å²) in [5.74, 6) is 0.365. The number of hydrogen-bond acceptors (Lipinski definition) is 3. The molecule has 0 bridgehead atoms. The van der Waals surface area contributed by atoms with E-state index in [1.807, 2.05) is 38.1 Å². The van der Waals surface area contributed by atoms with Gasteiger partial charge in [0.1, 0.15) is 5.75 Å². The van der Waals surface area contributed by atoms with Gasteiger partial charge in [-0.1, -0.05) is 25.1 Å². The highest BCUT2D eigenvalue weighted by Gasteiger charge is 2.15. The van der Waals surface area contributed by atoms with Crippen molar-refractivity contribution in [3.05, 3.63) is 54.1 Å². The van der Waals surface area contributed by atoms with Gasteiger partial charge in [0.25, 0.3) is 5.91 Å². The number of anilines is 2. The summed E-state index contributed by atoms with van der Waals surface area (Å²) in [6, 6.07) is 14.6. The van der Waals surface area contributed by atoms with Gasteiger partial charge in [-0.05, 0) is 56.2 Å². The maximum atomic E-state index is 12.3. The molecule has 25 heavy (non-hydrogen) atoms. The molecule has 2 aromatic carbocycles. The van der Waals surface area contributed by atoms with E-state index in [4.69, 9.17) is 4.74 Å². The quantitative estimate of drug-likeness (QED) is 0.796. The van der Waals surface area contributed by atoms with Gasteiger partial charge in [-0.25, -0.2) is 0 Å². The molecule has 0 saturated carbocycles. The molecule has 0 fully saturated rings. The first-order valence-corrected chi connectivity index (χ1v) is 8.42. The zero-order valence-electron chi connectivity index (χ0n) is 14.8. The summed E-state index contributed by atoms with van der Waals surface area (Å²) < 4.78 is 5.67. The van der Waals surface area contributed by atoms with Crippen LogP contribution in [0.25, 0.3) is 0 Å². The lowest BCUT2D eigenvalue weighted by atomic mass is 10.2. The summed E-state index contributed by atoms with van der Waals surface area (Å²) >= 11 is 0. The second-order valence-corrected chi connectivity index (χ2v) is 5.94. The number of rotatable bonds is 7. The van der Waals surface area contributed by atoms with Crippen LogP contribution in [-0.4, -0.2) is 17.9 Å². The van der Waals surface area contributed by atoms with Crippen LogP contribution in [-0.2, 0) is 9.59 Å². The van der Waals surface area contributed by atoms with E-state index in [-0.39, 0.29) is 11.8 Å². The predicted molar refractivity (Wildman–Crippen MR) is 99.9 cm³/mol. The Hall–Kier alpha value is -2.82. The number of nitrogens with one attached hydrogen (secondary N) is 2. The number of hydrogen-bond donors (Lipinski definition) is 2. The minimum Gasteiger partial charge on any atom is -0.481 e. The number of amides is 2. The second-order valence-electron chi connectivity index (χ2n) is 5.94. The van der Waals surface area contributed by atoms with E-state index in [0.717, 1.165) is 12.0 Å². The van der Waals surface area contributed by atoms with Crippen molar-refractivity contribution in [3.8, 4) is 5.75 Å². The first kappa shape index (κ1) is 18.5. The molecular formula is C20H24N2O3. The molecule has 0 aliphatic rings. The van der Waals surface area contributed by atoms with Gasteiger partial charge in [0.05, 0.1) is 0 Å². The molecule has 2 N–H and O–H groups in total. The van der Waals surface area contributed by atoms with Crippen molar-refractivity contribution in [1.29, 1.82) is 0 Å². The third-order valence-corrected chi connectivity index (χ3v) is 3.56. The Bertz CT molecular complexity index is 743. The Morgan fingerprint density at radius 1 is 1.04 bits per heavy atom. The van der Waals surface area contributed by atoms with E-state index in [1.54, 1.807) is 31.2 Å². The normalized spacial score (nSPS) is 11.5. The molecule has 0 radical (unpaired) electrons. The van der Waals surface area contributed by atoms with Crippen LogP contribution in [0.15, 0.2) is 48.5 Å². The summed E-state index contributed by atoms with van der Waals surface area (Å²) in [7, 11) is 0. The SMILES string of the molecule is CCCC(=O)Nc1cccc(NC(=O)C(C)Oc2cccc(C)c2)c1. The maximum absolute atomic E-state index is 12.3. The molecule has 2 amide bonds. The van der Waals surface area contributed by atoms with Gasteiger partial charge in [-0.15, -0.1) is 0 Å². The van der Waals surface area contributed by atoms with Crippen molar-refractivity contribution in [2.24, 2.45) is 0 Å². The average molecular weight is 340 g/mol. The smallest absolute Gasteiger partial charge is 0.265 e. The molecule has 2 aromatic rings. The lowest BCUT2D eigenvalue weighted by Crippen LogP contribution is -2.30. The van der Waals surface area contributed by atoms with E-state index in [2.05, 4.69) is 10.6 Å². The molecule has 1 unspecified atom stereocenters. The fourth-order valence-corrected chi connectivity index (χ4v) is 2.32. The number of carbonyl (C=O) groups excluding carboxylic acids is 2. The summed E-state index contributed by atoms with van der Waals surface area (Å²) in [4.78, 5) is 24.0. The molecule has 0 aliphatic heterocycles. The van der Waals surface area contributed by atoms with Gasteiger partial charge in [0.15, 0.2) is 6.10 Å². The Balaban J connectivity index is 1.96. The third kappa shape index (κ3) is 5.95. The van der Waals surface area contributed by atoms with Crippen LogP contribution in [0.2, 0.25) is 0 Å². The molecule has 5 heteroatoms. The predicted octanol–water partition coefficient (Wildman–Crippen LogP) is 4.14. The van der Waals surface area contributed by atoms with Crippen molar-refractivity contribution in [3.63, 3.8) is 0 Å². The summed E-state index contributed by atoms with van der Waals surface area (Å²) in [5.41, 5.74) is 2.34. The zero-order chi connectivity index (χ0) is 18.2. The van der Waals surface area contributed by atoms with Gasteiger partial charge in [0, 0.05) is 17.8 Å². The minimum absolute atomic E-state index is 0.0397. The summed E-state index contributed by atoms with van der Waals surface area (Å²) in [5, 5.41) is 5.62. The highest BCUT2D eigenvalue weighted by molar-refractivity contribution is 5.96. The fourth-order valence-electron chi connectivity index (χ4n) is 2.32. The van der Waals surface area contributed by atoms with E-state index in [9.17, 15) is 9.59 Å². The summed E-state index contributed by atoms with van der Waals surface area (Å²) in [6.45, 7) is 5.62. The third-order valence-electron chi connectivity index (χ3n) is 3.56. The van der Waals surface area contributed by atoms with Crippen LogP contribution in [0.5, 0.6) is 5.75 Å². The Kier molecular flexibility index (Phi) is 6.57. The molecule has 0 saturated heterocycles.